The summed E-state index contributed by atoms with van der Waals surface area (Å²) in [6, 6.07) is 21.3. The van der Waals surface area contributed by atoms with Crippen molar-refractivity contribution < 1.29 is 9.90 Å². The van der Waals surface area contributed by atoms with Gasteiger partial charge in [0, 0.05) is 34.6 Å². The first-order chi connectivity index (χ1) is 13.1. The Labute approximate surface area is 162 Å². The van der Waals surface area contributed by atoms with Gasteiger partial charge >= 0.3 is 5.97 Å². The number of hydrogen-bond donors (Lipinski definition) is 1. The van der Waals surface area contributed by atoms with E-state index in [9.17, 15) is 14.7 Å². The van der Waals surface area contributed by atoms with Gasteiger partial charge in [0.05, 0.1) is 0 Å². The predicted molar refractivity (Wildman–Crippen MR) is 109 cm³/mol. The summed E-state index contributed by atoms with van der Waals surface area (Å²) in [5, 5.41) is 9.62. The molecule has 0 atom stereocenters. The van der Waals surface area contributed by atoms with Crippen LogP contribution in [0.15, 0.2) is 76.4 Å². The highest BCUT2D eigenvalue weighted by Crippen LogP contribution is 2.24. The number of nitrogens with zero attached hydrogens (tertiary/aromatic N) is 1. The second-order valence-corrected chi connectivity index (χ2v) is 7.31. The molecule has 0 saturated heterocycles. The van der Waals surface area contributed by atoms with E-state index in [2.05, 4.69) is 0 Å². The van der Waals surface area contributed by atoms with Crippen LogP contribution in [0, 0.1) is 6.92 Å². The number of carboxylic acids is 1. The quantitative estimate of drug-likeness (QED) is 0.619. The van der Waals surface area contributed by atoms with Crippen LogP contribution < -0.4 is 5.43 Å². The molecule has 1 heterocycles. The van der Waals surface area contributed by atoms with Gasteiger partial charge in [-0.15, -0.1) is 11.8 Å². The second-order valence-electron chi connectivity index (χ2n) is 6.27. The third-order valence-electron chi connectivity index (χ3n) is 4.43. The number of thioether (sulfide) groups is 1. The number of aromatic carboxylic acids is 1. The van der Waals surface area contributed by atoms with Gasteiger partial charge in [-0.05, 0) is 31.0 Å². The monoisotopic (exact) mass is 379 g/mol. The molecule has 2 aromatic carbocycles. The van der Waals surface area contributed by atoms with E-state index in [0.29, 0.717) is 18.0 Å². The van der Waals surface area contributed by atoms with E-state index in [1.165, 1.54) is 23.4 Å². The molecule has 3 aromatic rings. The average molecular weight is 379 g/mol. The van der Waals surface area contributed by atoms with Crippen LogP contribution in [0.5, 0.6) is 0 Å². The predicted octanol–water partition coefficient (Wildman–Crippen LogP) is 4.39. The van der Waals surface area contributed by atoms with Crippen molar-refractivity contribution in [1.82, 2.24) is 4.57 Å². The Morgan fingerprint density at radius 1 is 1.04 bits per heavy atom. The molecule has 138 valence electrons. The Morgan fingerprint density at radius 3 is 2.30 bits per heavy atom. The SMILES string of the molecule is Cc1cc(=O)c(C(=O)O)c(CSc2ccccc2)n1CCc1ccccc1. The molecule has 0 spiro atoms. The van der Waals surface area contributed by atoms with Gasteiger partial charge in [-0.3, -0.25) is 4.79 Å². The summed E-state index contributed by atoms with van der Waals surface area (Å²) in [7, 11) is 0. The van der Waals surface area contributed by atoms with E-state index in [-0.39, 0.29) is 5.56 Å². The molecule has 3 rings (SSSR count). The summed E-state index contributed by atoms with van der Waals surface area (Å²) in [4.78, 5) is 25.1. The molecular formula is C22H21NO3S. The van der Waals surface area contributed by atoms with Gasteiger partial charge in [-0.2, -0.15) is 0 Å². The van der Waals surface area contributed by atoms with Crippen LogP contribution in [-0.4, -0.2) is 15.6 Å². The molecule has 0 saturated carbocycles. The van der Waals surface area contributed by atoms with Crippen LogP contribution in [0.25, 0.3) is 0 Å². The highest BCUT2D eigenvalue weighted by atomic mass is 32.2. The molecule has 0 aliphatic heterocycles. The largest absolute Gasteiger partial charge is 0.477 e. The van der Waals surface area contributed by atoms with Crippen molar-refractivity contribution in [3.8, 4) is 0 Å². The number of hydrogen-bond acceptors (Lipinski definition) is 3. The van der Waals surface area contributed by atoms with Gasteiger partial charge in [-0.25, -0.2) is 4.79 Å². The molecule has 1 N–H and O–H groups in total. The number of aryl methyl sites for hydroxylation is 2. The van der Waals surface area contributed by atoms with Crippen LogP contribution >= 0.6 is 11.8 Å². The Bertz CT molecular complexity index is 982. The Balaban J connectivity index is 1.95. The smallest absolute Gasteiger partial charge is 0.341 e. The molecule has 0 amide bonds. The fraction of sp³-hybridized carbons (Fsp3) is 0.182. The highest BCUT2D eigenvalue weighted by molar-refractivity contribution is 7.98. The summed E-state index contributed by atoms with van der Waals surface area (Å²) in [6.07, 6.45) is 0.770. The minimum atomic E-state index is -1.17. The molecule has 27 heavy (non-hydrogen) atoms. The minimum Gasteiger partial charge on any atom is -0.477 e. The molecule has 0 bridgehead atoms. The molecule has 4 nitrogen and oxygen atoms in total. The maximum Gasteiger partial charge on any atom is 0.341 e. The van der Waals surface area contributed by atoms with Gasteiger partial charge < -0.3 is 9.67 Å². The average Bonchev–Trinajstić information content (AvgIpc) is 2.66. The van der Waals surface area contributed by atoms with Crippen molar-refractivity contribution in [2.45, 2.75) is 30.5 Å². The summed E-state index contributed by atoms with van der Waals surface area (Å²) in [6.45, 7) is 2.48. The third-order valence-corrected chi connectivity index (χ3v) is 5.45. The number of carbonyl (C=O) groups is 1. The van der Waals surface area contributed by atoms with E-state index in [0.717, 1.165) is 17.0 Å². The first-order valence-electron chi connectivity index (χ1n) is 8.74. The van der Waals surface area contributed by atoms with E-state index < -0.39 is 11.4 Å². The van der Waals surface area contributed by atoms with Crippen molar-refractivity contribution in [3.05, 3.63) is 99.5 Å². The number of rotatable bonds is 7. The molecule has 0 aliphatic carbocycles. The van der Waals surface area contributed by atoms with Crippen molar-refractivity contribution in [2.75, 3.05) is 0 Å². The summed E-state index contributed by atoms with van der Waals surface area (Å²) >= 11 is 1.54. The lowest BCUT2D eigenvalue weighted by Crippen LogP contribution is -2.25. The molecule has 0 aliphatic rings. The fourth-order valence-electron chi connectivity index (χ4n) is 3.07. The zero-order valence-corrected chi connectivity index (χ0v) is 15.9. The second kappa shape index (κ2) is 8.73. The molecule has 1 aromatic heterocycles. The topological polar surface area (TPSA) is 59.3 Å². The van der Waals surface area contributed by atoms with Gasteiger partial charge in [0.2, 0.25) is 0 Å². The standard InChI is InChI=1S/C22H21NO3S/c1-16-14-20(24)21(22(25)26)19(15-27-18-10-6-3-7-11-18)23(16)13-12-17-8-4-2-5-9-17/h2-11,14H,12-13,15H2,1H3,(H,25,26). The summed E-state index contributed by atoms with van der Waals surface area (Å²) < 4.78 is 1.97. The lowest BCUT2D eigenvalue weighted by molar-refractivity contribution is 0.0693. The van der Waals surface area contributed by atoms with Crippen LogP contribution in [0.1, 0.15) is 27.3 Å². The van der Waals surface area contributed by atoms with Crippen LogP contribution in [0.4, 0.5) is 0 Å². The zero-order valence-electron chi connectivity index (χ0n) is 15.1. The number of aromatic nitrogens is 1. The maximum atomic E-state index is 12.3. The molecular weight excluding hydrogens is 358 g/mol. The molecule has 0 radical (unpaired) electrons. The number of carboxylic acid groups (broad SMARTS) is 1. The summed E-state index contributed by atoms with van der Waals surface area (Å²) in [5.41, 5.74) is 1.97. The van der Waals surface area contributed by atoms with Crippen molar-refractivity contribution in [2.24, 2.45) is 0 Å². The fourth-order valence-corrected chi connectivity index (χ4v) is 4.03. The van der Waals surface area contributed by atoms with Crippen molar-refractivity contribution in [3.63, 3.8) is 0 Å². The van der Waals surface area contributed by atoms with Gasteiger partial charge in [0.25, 0.3) is 0 Å². The lowest BCUT2D eigenvalue weighted by Gasteiger charge is -2.19. The first kappa shape index (κ1) is 19.0. The van der Waals surface area contributed by atoms with E-state index in [1.54, 1.807) is 0 Å². The van der Waals surface area contributed by atoms with Gasteiger partial charge in [0.15, 0.2) is 5.43 Å². The molecule has 0 unspecified atom stereocenters. The van der Waals surface area contributed by atoms with Gasteiger partial charge in [0.1, 0.15) is 5.56 Å². The highest BCUT2D eigenvalue weighted by Gasteiger charge is 2.19. The Hall–Kier alpha value is -2.79. The minimum absolute atomic E-state index is 0.128. The Morgan fingerprint density at radius 2 is 1.67 bits per heavy atom. The van der Waals surface area contributed by atoms with Crippen molar-refractivity contribution >= 4 is 17.7 Å². The van der Waals surface area contributed by atoms with Crippen LogP contribution in [0.2, 0.25) is 0 Å². The first-order valence-corrected chi connectivity index (χ1v) is 9.73. The van der Waals surface area contributed by atoms with Crippen LogP contribution in [0.3, 0.4) is 0 Å². The van der Waals surface area contributed by atoms with E-state index in [4.69, 9.17) is 0 Å². The third kappa shape index (κ3) is 4.68. The summed E-state index contributed by atoms with van der Waals surface area (Å²) in [5.74, 6) is -0.741. The molecule has 5 heteroatoms. The van der Waals surface area contributed by atoms with E-state index >= 15 is 0 Å². The normalized spacial score (nSPS) is 10.7. The maximum absolute atomic E-state index is 12.3. The lowest BCUT2D eigenvalue weighted by atomic mass is 10.1. The van der Waals surface area contributed by atoms with Crippen LogP contribution in [-0.2, 0) is 18.7 Å². The van der Waals surface area contributed by atoms with Gasteiger partial charge in [-0.1, -0.05) is 48.5 Å². The van der Waals surface area contributed by atoms with E-state index in [1.807, 2.05) is 72.2 Å². The van der Waals surface area contributed by atoms with Crippen molar-refractivity contribution in [1.29, 1.82) is 0 Å². The molecule has 0 fully saturated rings. The number of pyridine rings is 1. The number of benzene rings is 2. The zero-order chi connectivity index (χ0) is 19.2. The Kier molecular flexibility index (Phi) is 6.14.